The van der Waals surface area contributed by atoms with Crippen LogP contribution in [0, 0.1) is 0 Å². The van der Waals surface area contributed by atoms with Crippen LogP contribution in [0.5, 0.6) is 11.5 Å². The Morgan fingerprint density at radius 3 is 2.65 bits per heavy atom. The van der Waals surface area contributed by atoms with Gasteiger partial charge in [0, 0.05) is 18.3 Å². The molecule has 1 heterocycles. The van der Waals surface area contributed by atoms with E-state index in [0.29, 0.717) is 0 Å². The maximum atomic E-state index is 12.3. The number of hydrogen-bond donors (Lipinski definition) is 2. The highest BCUT2D eigenvalue weighted by Crippen LogP contribution is 2.36. The molecule has 0 saturated heterocycles. The van der Waals surface area contributed by atoms with E-state index >= 15 is 0 Å². The molecule has 1 rings (SSSR count). The quantitative estimate of drug-likeness (QED) is 0.794. The largest absolute Gasteiger partial charge is 0.573 e. The number of aromatic nitrogens is 1. The second-order valence-corrected chi connectivity index (χ2v) is 3.64. The zero-order chi connectivity index (χ0) is 15.3. The van der Waals surface area contributed by atoms with Crippen molar-refractivity contribution in [3.63, 3.8) is 0 Å². The molecule has 0 fully saturated rings. The lowest BCUT2D eigenvalue weighted by atomic mass is 10.1. The molecule has 6 nitrogen and oxygen atoms in total. The number of hydrogen-bond acceptors (Lipinski definition) is 6. The second kappa shape index (κ2) is 6.42. The van der Waals surface area contributed by atoms with Crippen molar-refractivity contribution in [3.8, 4) is 11.5 Å². The smallest absolute Gasteiger partial charge is 0.503 e. The van der Waals surface area contributed by atoms with Gasteiger partial charge in [0.1, 0.15) is 0 Å². The fraction of sp³-hybridized carbons (Fsp3) is 0.455. The second-order valence-electron chi connectivity index (χ2n) is 3.64. The number of rotatable bonds is 5. The summed E-state index contributed by atoms with van der Waals surface area (Å²) in [5.41, 5.74) is 4.82. The van der Waals surface area contributed by atoms with E-state index < -0.39 is 30.3 Å². The van der Waals surface area contributed by atoms with Crippen molar-refractivity contribution in [3.05, 3.63) is 17.5 Å². The summed E-state index contributed by atoms with van der Waals surface area (Å²) in [6, 6.07) is 0. The summed E-state index contributed by atoms with van der Waals surface area (Å²) in [5, 5.41) is 9.66. The Hall–Kier alpha value is -2.03. The summed E-state index contributed by atoms with van der Waals surface area (Å²) in [7, 11) is 0. The van der Waals surface area contributed by atoms with Gasteiger partial charge in [0.25, 0.3) is 0 Å². The van der Waals surface area contributed by atoms with Crippen LogP contribution < -0.4 is 10.5 Å². The van der Waals surface area contributed by atoms with Crippen molar-refractivity contribution in [2.75, 3.05) is 6.61 Å². The van der Waals surface area contributed by atoms with Gasteiger partial charge in [-0.05, 0) is 6.92 Å². The van der Waals surface area contributed by atoms with Gasteiger partial charge < -0.3 is 20.3 Å². The van der Waals surface area contributed by atoms with E-state index in [4.69, 9.17) is 5.73 Å². The number of alkyl halides is 3. The molecule has 20 heavy (non-hydrogen) atoms. The monoisotopic (exact) mass is 294 g/mol. The Bertz CT molecular complexity index is 491. The lowest BCUT2D eigenvalue weighted by molar-refractivity contribution is -0.275. The van der Waals surface area contributed by atoms with Gasteiger partial charge in [-0.25, -0.2) is 0 Å². The topological polar surface area (TPSA) is 94.7 Å². The van der Waals surface area contributed by atoms with Crippen molar-refractivity contribution in [1.82, 2.24) is 4.98 Å². The van der Waals surface area contributed by atoms with E-state index in [-0.39, 0.29) is 24.4 Å². The Kier molecular flexibility index (Phi) is 5.14. The Labute approximate surface area is 112 Å². The number of carbonyl (C=O) groups excluding carboxylic acids is 1. The van der Waals surface area contributed by atoms with E-state index in [1.807, 2.05) is 0 Å². The Balaban J connectivity index is 3.15. The maximum Gasteiger partial charge on any atom is 0.573 e. The number of pyridine rings is 1. The molecule has 0 bridgehead atoms. The molecule has 0 amide bonds. The van der Waals surface area contributed by atoms with Crippen LogP contribution in [-0.4, -0.2) is 29.0 Å². The first kappa shape index (κ1) is 16.0. The van der Waals surface area contributed by atoms with Crippen LogP contribution in [0.4, 0.5) is 13.2 Å². The lowest BCUT2D eigenvalue weighted by Gasteiger charge is -2.15. The van der Waals surface area contributed by atoms with Gasteiger partial charge in [-0.1, -0.05) is 0 Å². The van der Waals surface area contributed by atoms with Gasteiger partial charge in [-0.2, -0.15) is 0 Å². The highest BCUT2D eigenvalue weighted by Gasteiger charge is 2.34. The van der Waals surface area contributed by atoms with Crippen molar-refractivity contribution in [2.24, 2.45) is 5.73 Å². The molecule has 0 aliphatic rings. The van der Waals surface area contributed by atoms with Crippen LogP contribution in [-0.2, 0) is 22.5 Å². The third-order valence-electron chi connectivity index (χ3n) is 2.21. The molecular formula is C11H13F3N2O4. The molecule has 0 radical (unpaired) electrons. The Morgan fingerprint density at radius 1 is 1.50 bits per heavy atom. The number of nitrogens with two attached hydrogens (primary N) is 1. The van der Waals surface area contributed by atoms with Crippen LogP contribution in [0.15, 0.2) is 6.20 Å². The van der Waals surface area contributed by atoms with Crippen LogP contribution in [0.25, 0.3) is 0 Å². The SMILES string of the molecule is CCOC(=O)Cc1cnc(CN)c(O)c1OC(F)(F)F. The lowest BCUT2D eigenvalue weighted by Crippen LogP contribution is -2.20. The predicted molar refractivity (Wildman–Crippen MR) is 60.8 cm³/mol. The first-order valence-electron chi connectivity index (χ1n) is 5.59. The minimum absolute atomic E-state index is 0.0780. The highest BCUT2D eigenvalue weighted by molar-refractivity contribution is 5.74. The molecule has 0 unspecified atom stereocenters. The van der Waals surface area contributed by atoms with E-state index in [0.717, 1.165) is 6.20 Å². The summed E-state index contributed by atoms with van der Waals surface area (Å²) in [6.07, 6.45) is -4.54. The van der Waals surface area contributed by atoms with Crippen molar-refractivity contribution < 1.29 is 32.5 Å². The highest BCUT2D eigenvalue weighted by atomic mass is 19.4. The summed E-state index contributed by atoms with van der Waals surface area (Å²) in [4.78, 5) is 15.0. The van der Waals surface area contributed by atoms with Gasteiger partial charge in [0.05, 0.1) is 18.7 Å². The zero-order valence-corrected chi connectivity index (χ0v) is 10.5. The van der Waals surface area contributed by atoms with Crippen molar-refractivity contribution in [1.29, 1.82) is 0 Å². The first-order chi connectivity index (χ1) is 9.28. The van der Waals surface area contributed by atoms with E-state index in [2.05, 4.69) is 14.5 Å². The van der Waals surface area contributed by atoms with Crippen LogP contribution in [0.2, 0.25) is 0 Å². The standard InChI is InChI=1S/C11H13F3N2O4/c1-2-19-8(17)3-6-5-16-7(4-15)9(18)10(6)20-11(12,13)14/h5,18H,2-4,15H2,1H3. The van der Waals surface area contributed by atoms with Gasteiger partial charge in [-0.3, -0.25) is 9.78 Å². The van der Waals surface area contributed by atoms with Gasteiger partial charge in [0.15, 0.2) is 11.5 Å². The van der Waals surface area contributed by atoms with E-state index in [9.17, 15) is 23.1 Å². The molecule has 1 aromatic heterocycles. The molecule has 112 valence electrons. The van der Waals surface area contributed by atoms with Crippen molar-refractivity contribution in [2.45, 2.75) is 26.3 Å². The molecule has 0 saturated carbocycles. The normalized spacial score (nSPS) is 11.2. The molecule has 0 aliphatic heterocycles. The number of nitrogens with zero attached hydrogens (tertiary/aromatic N) is 1. The van der Waals surface area contributed by atoms with Crippen LogP contribution >= 0.6 is 0 Å². The fourth-order valence-electron chi connectivity index (χ4n) is 1.43. The third kappa shape index (κ3) is 4.26. The van der Waals surface area contributed by atoms with E-state index in [1.54, 1.807) is 6.92 Å². The van der Waals surface area contributed by atoms with E-state index in [1.165, 1.54) is 0 Å². The van der Waals surface area contributed by atoms with Gasteiger partial charge >= 0.3 is 12.3 Å². The van der Waals surface area contributed by atoms with Crippen LogP contribution in [0.1, 0.15) is 18.2 Å². The molecule has 1 aromatic rings. The summed E-state index contributed by atoms with van der Waals surface area (Å²) >= 11 is 0. The molecule has 0 atom stereocenters. The Morgan fingerprint density at radius 2 is 2.15 bits per heavy atom. The average Bonchev–Trinajstić information content (AvgIpc) is 2.33. The van der Waals surface area contributed by atoms with Gasteiger partial charge in [0.2, 0.25) is 0 Å². The average molecular weight is 294 g/mol. The van der Waals surface area contributed by atoms with Crippen LogP contribution in [0.3, 0.4) is 0 Å². The summed E-state index contributed by atoms with van der Waals surface area (Å²) in [6.45, 7) is 1.35. The maximum absolute atomic E-state index is 12.3. The number of halogens is 3. The number of esters is 1. The zero-order valence-electron chi connectivity index (χ0n) is 10.5. The number of aromatic hydroxyl groups is 1. The first-order valence-corrected chi connectivity index (χ1v) is 5.59. The molecule has 9 heteroatoms. The molecule has 0 aliphatic carbocycles. The van der Waals surface area contributed by atoms with Crippen molar-refractivity contribution >= 4 is 5.97 Å². The minimum atomic E-state index is -5.02. The third-order valence-corrected chi connectivity index (χ3v) is 2.21. The minimum Gasteiger partial charge on any atom is -0.503 e. The fourth-order valence-corrected chi connectivity index (χ4v) is 1.43. The predicted octanol–water partition coefficient (Wildman–Crippen LogP) is 1.25. The summed E-state index contributed by atoms with van der Waals surface area (Å²) < 4.78 is 45.3. The molecule has 0 aromatic carbocycles. The van der Waals surface area contributed by atoms with Gasteiger partial charge in [-0.15, -0.1) is 13.2 Å². The number of carbonyl (C=O) groups is 1. The number of ether oxygens (including phenoxy) is 2. The summed E-state index contributed by atoms with van der Waals surface area (Å²) in [5.74, 6) is -2.49. The molecule has 0 spiro atoms. The molecular weight excluding hydrogens is 281 g/mol. The molecule has 3 N–H and O–H groups in total.